The molecule has 0 saturated carbocycles. The van der Waals surface area contributed by atoms with Gasteiger partial charge in [0, 0.05) is 39.8 Å². The van der Waals surface area contributed by atoms with Crippen LogP contribution in [-0.2, 0) is 0 Å². The number of carbonyl (C=O) groups excluding carboxylic acids is 1. The van der Waals surface area contributed by atoms with Gasteiger partial charge in [-0.3, -0.25) is 4.79 Å². The lowest BCUT2D eigenvalue weighted by molar-refractivity contribution is 0.112. The molecule has 0 N–H and O–H groups in total. The number of aldehydes is 1. The molecule has 0 aliphatic rings. The highest BCUT2D eigenvalue weighted by atomic mass is 35.5. The van der Waals surface area contributed by atoms with Crippen molar-refractivity contribution >= 4 is 28.8 Å². The average Bonchev–Trinajstić information content (AvgIpc) is 3.27. The molecule has 0 spiro atoms. The minimum absolute atomic E-state index is 0.316. The van der Waals surface area contributed by atoms with Crippen LogP contribution >= 0.6 is 11.6 Å². The van der Waals surface area contributed by atoms with Crippen LogP contribution in [0.1, 0.15) is 30.2 Å². The number of fused-ring (bicyclic) bond motifs is 1. The number of nitrogens with zero attached hydrogens (tertiary/aromatic N) is 3. The van der Waals surface area contributed by atoms with E-state index in [9.17, 15) is 4.79 Å². The molecule has 2 aromatic heterocycles. The Morgan fingerprint density at radius 2 is 2.00 bits per heavy atom. The summed E-state index contributed by atoms with van der Waals surface area (Å²) in [7, 11) is 0. The van der Waals surface area contributed by atoms with E-state index in [1.54, 1.807) is 18.2 Å². The lowest BCUT2D eigenvalue weighted by Crippen LogP contribution is -1.97. The number of carbonyl (C=O) groups is 1. The van der Waals surface area contributed by atoms with Crippen molar-refractivity contribution in [3.8, 4) is 22.8 Å². The van der Waals surface area contributed by atoms with Crippen molar-refractivity contribution in [1.29, 1.82) is 0 Å². The molecule has 0 aliphatic carbocycles. The molecule has 130 valence electrons. The molecule has 4 aromatic rings. The van der Waals surface area contributed by atoms with Crippen LogP contribution in [0.15, 0.2) is 53.2 Å². The third-order valence-corrected chi connectivity index (χ3v) is 4.60. The van der Waals surface area contributed by atoms with Gasteiger partial charge in [-0.15, -0.1) is 0 Å². The molecule has 6 heteroatoms. The Kier molecular flexibility index (Phi) is 4.09. The van der Waals surface area contributed by atoms with E-state index in [4.69, 9.17) is 16.1 Å². The quantitative estimate of drug-likeness (QED) is 0.454. The molecule has 2 aromatic carbocycles. The van der Waals surface area contributed by atoms with Crippen molar-refractivity contribution in [2.45, 2.75) is 19.9 Å². The Labute approximate surface area is 155 Å². The van der Waals surface area contributed by atoms with Gasteiger partial charge in [0.25, 0.3) is 5.89 Å². The first-order chi connectivity index (χ1) is 12.6. The monoisotopic (exact) mass is 365 g/mol. The van der Waals surface area contributed by atoms with Crippen LogP contribution in [0.2, 0.25) is 5.02 Å². The highest BCUT2D eigenvalue weighted by Crippen LogP contribution is 2.32. The summed E-state index contributed by atoms with van der Waals surface area (Å²) in [6.07, 6.45) is 2.73. The number of hydrogen-bond donors (Lipinski definition) is 0. The van der Waals surface area contributed by atoms with Gasteiger partial charge in [-0.2, -0.15) is 4.98 Å². The normalized spacial score (nSPS) is 11.4. The lowest BCUT2D eigenvalue weighted by Gasteiger charge is -2.08. The number of halogens is 1. The molecule has 26 heavy (non-hydrogen) atoms. The molecular weight excluding hydrogens is 350 g/mol. The van der Waals surface area contributed by atoms with E-state index < -0.39 is 0 Å². The lowest BCUT2D eigenvalue weighted by atomic mass is 10.1. The van der Waals surface area contributed by atoms with Gasteiger partial charge in [-0.1, -0.05) is 35.0 Å². The first-order valence-electron chi connectivity index (χ1n) is 8.26. The van der Waals surface area contributed by atoms with Crippen molar-refractivity contribution in [3.63, 3.8) is 0 Å². The third-order valence-electron chi connectivity index (χ3n) is 4.29. The maximum atomic E-state index is 10.9. The first-order valence-corrected chi connectivity index (χ1v) is 8.64. The highest BCUT2D eigenvalue weighted by molar-refractivity contribution is 6.35. The highest BCUT2D eigenvalue weighted by Gasteiger charge is 2.15. The predicted molar refractivity (Wildman–Crippen MR) is 101 cm³/mol. The zero-order chi connectivity index (χ0) is 18.3. The number of rotatable bonds is 4. The molecule has 0 amide bonds. The van der Waals surface area contributed by atoms with Crippen LogP contribution in [-0.4, -0.2) is 21.0 Å². The molecular formula is C20H16ClN3O2. The Hall–Kier alpha value is -2.92. The van der Waals surface area contributed by atoms with Crippen molar-refractivity contribution in [2.24, 2.45) is 0 Å². The zero-order valence-corrected chi connectivity index (χ0v) is 15.1. The molecule has 0 atom stereocenters. The number of hydrogen-bond acceptors (Lipinski definition) is 4. The molecule has 2 heterocycles. The summed E-state index contributed by atoms with van der Waals surface area (Å²) in [4.78, 5) is 15.4. The SMILES string of the molecule is CC(C)n1cc(Cl)c2cc(-c3nc(-c4cccc(C=O)c4)no3)ccc21. The molecule has 0 fully saturated rings. The van der Waals surface area contributed by atoms with Gasteiger partial charge in [0.15, 0.2) is 0 Å². The van der Waals surface area contributed by atoms with E-state index in [1.165, 1.54) is 0 Å². The number of benzene rings is 2. The molecule has 4 rings (SSSR count). The topological polar surface area (TPSA) is 60.9 Å². The van der Waals surface area contributed by atoms with E-state index in [0.717, 1.165) is 28.3 Å². The maximum Gasteiger partial charge on any atom is 0.258 e. The van der Waals surface area contributed by atoms with Crippen LogP contribution < -0.4 is 0 Å². The van der Waals surface area contributed by atoms with E-state index in [0.29, 0.717) is 28.3 Å². The largest absolute Gasteiger partial charge is 0.343 e. The second-order valence-corrected chi connectivity index (χ2v) is 6.78. The second kappa shape index (κ2) is 6.42. The molecule has 5 nitrogen and oxygen atoms in total. The van der Waals surface area contributed by atoms with Gasteiger partial charge in [0.1, 0.15) is 6.29 Å². The summed E-state index contributed by atoms with van der Waals surface area (Å²) < 4.78 is 7.55. The Bertz CT molecular complexity index is 1110. The van der Waals surface area contributed by atoms with Crippen LogP contribution in [0.4, 0.5) is 0 Å². The molecule has 0 saturated heterocycles. The Morgan fingerprint density at radius 1 is 1.15 bits per heavy atom. The van der Waals surface area contributed by atoms with E-state index in [1.807, 2.05) is 30.5 Å². The van der Waals surface area contributed by atoms with Gasteiger partial charge in [-0.05, 0) is 38.1 Å². The van der Waals surface area contributed by atoms with E-state index in [2.05, 4.69) is 28.6 Å². The molecule has 0 radical (unpaired) electrons. The fourth-order valence-electron chi connectivity index (χ4n) is 2.98. The predicted octanol–water partition coefficient (Wildman–Crippen LogP) is 5.41. The summed E-state index contributed by atoms with van der Waals surface area (Å²) in [6, 6.07) is 13.3. The summed E-state index contributed by atoms with van der Waals surface area (Å²) >= 11 is 6.40. The molecule has 0 bridgehead atoms. The van der Waals surface area contributed by atoms with Crippen LogP contribution in [0.25, 0.3) is 33.7 Å². The van der Waals surface area contributed by atoms with Crippen LogP contribution in [0.3, 0.4) is 0 Å². The Balaban J connectivity index is 1.75. The fourth-order valence-corrected chi connectivity index (χ4v) is 3.24. The van der Waals surface area contributed by atoms with Crippen molar-refractivity contribution in [3.05, 3.63) is 59.2 Å². The first kappa shape index (κ1) is 16.5. The van der Waals surface area contributed by atoms with Crippen molar-refractivity contribution in [1.82, 2.24) is 14.7 Å². The van der Waals surface area contributed by atoms with Crippen LogP contribution in [0, 0.1) is 0 Å². The molecule has 0 aliphatic heterocycles. The number of aromatic nitrogens is 3. The third kappa shape index (κ3) is 2.80. The Morgan fingerprint density at radius 3 is 2.77 bits per heavy atom. The fraction of sp³-hybridized carbons (Fsp3) is 0.150. The van der Waals surface area contributed by atoms with Gasteiger partial charge in [0.2, 0.25) is 5.82 Å². The molecule has 0 unspecified atom stereocenters. The summed E-state index contributed by atoms with van der Waals surface area (Å²) in [5.41, 5.74) is 3.16. The average molecular weight is 366 g/mol. The van der Waals surface area contributed by atoms with Gasteiger partial charge >= 0.3 is 0 Å². The maximum absolute atomic E-state index is 10.9. The summed E-state index contributed by atoms with van der Waals surface area (Å²) in [6.45, 7) is 4.23. The zero-order valence-electron chi connectivity index (χ0n) is 14.3. The summed E-state index contributed by atoms with van der Waals surface area (Å²) in [5, 5.41) is 5.67. The second-order valence-electron chi connectivity index (χ2n) is 6.38. The summed E-state index contributed by atoms with van der Waals surface area (Å²) in [5.74, 6) is 0.849. The van der Waals surface area contributed by atoms with Gasteiger partial charge < -0.3 is 9.09 Å². The smallest absolute Gasteiger partial charge is 0.258 e. The van der Waals surface area contributed by atoms with Crippen molar-refractivity contribution < 1.29 is 9.32 Å². The van der Waals surface area contributed by atoms with Gasteiger partial charge in [0.05, 0.1) is 5.02 Å². The van der Waals surface area contributed by atoms with E-state index in [-0.39, 0.29) is 0 Å². The minimum Gasteiger partial charge on any atom is -0.343 e. The van der Waals surface area contributed by atoms with Crippen LogP contribution in [0.5, 0.6) is 0 Å². The van der Waals surface area contributed by atoms with Gasteiger partial charge in [-0.25, -0.2) is 0 Å². The minimum atomic E-state index is 0.316. The van der Waals surface area contributed by atoms with Crippen molar-refractivity contribution in [2.75, 3.05) is 0 Å². The standard InChI is InChI=1S/C20H16ClN3O2/c1-12(2)24-10-17(21)16-9-15(6-7-18(16)24)20-22-19(23-26-20)14-5-3-4-13(8-14)11-25/h3-12H,1-2H3. The van der Waals surface area contributed by atoms with E-state index >= 15 is 0 Å².